The van der Waals surface area contributed by atoms with Crippen LogP contribution in [0.3, 0.4) is 0 Å². The van der Waals surface area contributed by atoms with Gasteiger partial charge in [0.05, 0.1) is 0 Å². The number of hydrogen-bond donors (Lipinski definition) is 0. The second kappa shape index (κ2) is 42.8. The summed E-state index contributed by atoms with van der Waals surface area (Å²) >= 11 is 0. The van der Waals surface area contributed by atoms with E-state index >= 15 is 0 Å². The van der Waals surface area contributed by atoms with Gasteiger partial charge < -0.3 is 18.7 Å². The van der Waals surface area contributed by atoms with Crippen LogP contribution in [0.1, 0.15) is 40.0 Å². The van der Waals surface area contributed by atoms with Crippen molar-refractivity contribution in [2.75, 3.05) is 14.1 Å². The smallest absolute Gasteiger partial charge is 0.462 e. The normalized spacial score (nSPS) is 9.05. The maximum atomic E-state index is 3.49. The number of halogens is 2. The Morgan fingerprint density at radius 1 is 1.16 bits per heavy atom. The standard InChI is InChI=1S/C5H5.C4H10N.2C3H7.2ClH.Ti/c1-2-4-5-3-1;1-4-5(2)3;2*1-3-2;;;/h1-3H,4H2;4H,1-3H3;2*1,3H2,2H3;2*1H;/q4*-1;;;+4. The zero-order valence-electron chi connectivity index (χ0n) is 13.1. The molecule has 0 aromatic rings. The number of hydrogen-bond acceptors (Lipinski definition) is 1. The molecule has 1 rings (SSSR count). The van der Waals surface area contributed by atoms with Crippen molar-refractivity contribution in [1.82, 2.24) is 4.90 Å². The Morgan fingerprint density at radius 3 is 1.53 bits per heavy atom. The third-order valence-electron chi connectivity index (χ3n) is 1.10. The molecule has 1 aliphatic rings. The predicted octanol–water partition coefficient (Wildman–Crippen LogP) is 5.34. The second-order valence-electron chi connectivity index (χ2n) is 3.22. The molecule has 114 valence electrons. The van der Waals surface area contributed by atoms with Crippen LogP contribution in [0, 0.1) is 26.5 Å². The molecule has 0 aromatic carbocycles. The van der Waals surface area contributed by atoms with Gasteiger partial charge in [-0.1, -0.05) is 13.8 Å². The van der Waals surface area contributed by atoms with E-state index in [9.17, 15) is 0 Å². The van der Waals surface area contributed by atoms with Gasteiger partial charge in [0, 0.05) is 0 Å². The van der Waals surface area contributed by atoms with Gasteiger partial charge in [-0.2, -0.15) is 25.8 Å². The summed E-state index contributed by atoms with van der Waals surface area (Å²) in [7, 11) is 4.00. The molecule has 0 N–H and O–H groups in total. The predicted molar refractivity (Wildman–Crippen MR) is 91.0 cm³/mol. The minimum absolute atomic E-state index is 0. The third-order valence-corrected chi connectivity index (χ3v) is 1.10. The average Bonchev–Trinajstić information content (AvgIpc) is 2.78. The Kier molecular flexibility index (Phi) is 82.7. The van der Waals surface area contributed by atoms with Crippen LogP contribution in [0.4, 0.5) is 0 Å². The molecule has 0 aliphatic heterocycles. The van der Waals surface area contributed by atoms with Gasteiger partial charge in [-0.25, -0.2) is 12.2 Å². The second-order valence-corrected chi connectivity index (χ2v) is 3.22. The molecule has 0 saturated heterocycles. The molecular formula is C15H31Cl2NTi. The average molecular weight is 344 g/mol. The van der Waals surface area contributed by atoms with Crippen LogP contribution in [0.15, 0.2) is 18.2 Å². The Hall–Kier alpha value is 0.734. The summed E-state index contributed by atoms with van der Waals surface area (Å²) in [6.07, 6.45) is 12.0. The van der Waals surface area contributed by atoms with Crippen LogP contribution in [-0.4, -0.2) is 19.0 Å². The summed E-state index contributed by atoms with van der Waals surface area (Å²) in [5.41, 5.74) is 0. The van der Waals surface area contributed by atoms with Gasteiger partial charge in [-0.3, -0.25) is 12.6 Å². The monoisotopic (exact) mass is 343 g/mol. The number of nitrogens with zero attached hydrogens (tertiary/aromatic N) is 1. The molecule has 0 heterocycles. The maximum absolute atomic E-state index is 3.49. The van der Waals surface area contributed by atoms with Gasteiger partial charge in [-0.15, -0.1) is 31.2 Å². The van der Waals surface area contributed by atoms with Gasteiger partial charge in [-0.05, 0) is 14.1 Å². The van der Waals surface area contributed by atoms with E-state index in [0.717, 1.165) is 19.3 Å². The zero-order chi connectivity index (χ0) is 13.2. The molecular weight excluding hydrogens is 313 g/mol. The van der Waals surface area contributed by atoms with Crippen LogP contribution in [-0.2, 0) is 21.7 Å². The van der Waals surface area contributed by atoms with Crippen LogP contribution in [0.5, 0.6) is 0 Å². The van der Waals surface area contributed by atoms with Gasteiger partial charge in [0.25, 0.3) is 0 Å². The summed E-state index contributed by atoms with van der Waals surface area (Å²) in [5.74, 6) is 0. The largest absolute Gasteiger partial charge is 4.00 e. The summed E-state index contributed by atoms with van der Waals surface area (Å²) in [6, 6.07) is 0. The Bertz CT molecular complexity index is 137. The molecule has 0 atom stereocenters. The van der Waals surface area contributed by atoms with E-state index in [1.165, 1.54) is 0 Å². The fourth-order valence-electron chi connectivity index (χ4n) is 0.340. The fourth-order valence-corrected chi connectivity index (χ4v) is 0.340. The van der Waals surface area contributed by atoms with Crippen molar-refractivity contribution in [2.45, 2.75) is 40.0 Å². The molecule has 0 bridgehead atoms. The van der Waals surface area contributed by atoms with E-state index in [1.807, 2.05) is 58.5 Å². The first kappa shape index (κ1) is 36.7. The first-order chi connectivity index (χ1) is 7.60. The first-order valence-electron chi connectivity index (χ1n) is 5.86. The van der Waals surface area contributed by atoms with Crippen molar-refractivity contribution in [1.29, 1.82) is 0 Å². The number of rotatable bonds is 1. The van der Waals surface area contributed by atoms with Crippen molar-refractivity contribution < 1.29 is 21.7 Å². The Morgan fingerprint density at radius 2 is 1.47 bits per heavy atom. The molecule has 19 heavy (non-hydrogen) atoms. The van der Waals surface area contributed by atoms with Crippen LogP contribution < -0.4 is 0 Å². The molecule has 0 fully saturated rings. The summed E-state index contributed by atoms with van der Waals surface area (Å²) in [6.45, 7) is 15.0. The van der Waals surface area contributed by atoms with E-state index in [1.54, 1.807) is 0 Å². The molecule has 0 radical (unpaired) electrons. The minimum Gasteiger partial charge on any atom is -0.462 e. The van der Waals surface area contributed by atoms with Crippen LogP contribution in [0.25, 0.3) is 0 Å². The fraction of sp³-hybridized carbons (Fsp3) is 0.533. The molecule has 1 aliphatic carbocycles. The summed E-state index contributed by atoms with van der Waals surface area (Å²) < 4.78 is 0. The Balaban J connectivity index is -0.0000000290. The zero-order valence-corrected chi connectivity index (χ0v) is 16.3. The minimum atomic E-state index is 0. The van der Waals surface area contributed by atoms with Gasteiger partial charge >= 0.3 is 21.7 Å². The topological polar surface area (TPSA) is 3.24 Å². The van der Waals surface area contributed by atoms with Crippen molar-refractivity contribution in [3.05, 3.63) is 44.7 Å². The van der Waals surface area contributed by atoms with E-state index in [2.05, 4.69) is 26.0 Å². The molecule has 4 heteroatoms. The van der Waals surface area contributed by atoms with Crippen molar-refractivity contribution in [3.63, 3.8) is 0 Å². The molecule has 0 saturated carbocycles. The van der Waals surface area contributed by atoms with Crippen LogP contribution >= 0.6 is 24.8 Å². The van der Waals surface area contributed by atoms with Crippen molar-refractivity contribution >= 4 is 24.8 Å². The van der Waals surface area contributed by atoms with Gasteiger partial charge in [0.2, 0.25) is 0 Å². The van der Waals surface area contributed by atoms with Crippen molar-refractivity contribution in [2.24, 2.45) is 0 Å². The van der Waals surface area contributed by atoms with Crippen LogP contribution in [0.2, 0.25) is 0 Å². The van der Waals surface area contributed by atoms with E-state index in [4.69, 9.17) is 0 Å². The summed E-state index contributed by atoms with van der Waals surface area (Å²) in [5, 5.41) is 0. The number of allylic oxidation sites excluding steroid dienone is 4. The van der Waals surface area contributed by atoms with Gasteiger partial charge in [0.15, 0.2) is 0 Å². The molecule has 0 unspecified atom stereocenters. The molecule has 0 amide bonds. The quantitative estimate of drug-likeness (QED) is 0.459. The van der Waals surface area contributed by atoms with E-state index in [-0.39, 0.29) is 46.5 Å². The molecule has 1 nitrogen and oxygen atoms in total. The Labute approximate surface area is 150 Å². The maximum Gasteiger partial charge on any atom is 4.00 e. The molecule has 0 spiro atoms. The van der Waals surface area contributed by atoms with Crippen molar-refractivity contribution in [3.8, 4) is 0 Å². The third kappa shape index (κ3) is 87.7. The first-order valence-corrected chi connectivity index (χ1v) is 5.86. The summed E-state index contributed by atoms with van der Waals surface area (Å²) in [4.78, 5) is 2.00. The van der Waals surface area contributed by atoms with Gasteiger partial charge in [0.1, 0.15) is 0 Å². The SMILES string of the molecule is C[CH-]N(C)C.Cl.Cl.[C-]1=CC=CC1.[CH2-]CC.[CH2-]CC.[Ti+4]. The van der Waals surface area contributed by atoms with E-state index < -0.39 is 0 Å². The molecule has 0 aromatic heterocycles. The van der Waals surface area contributed by atoms with E-state index in [0.29, 0.717) is 0 Å².